The minimum absolute atomic E-state index is 0.105. The van der Waals surface area contributed by atoms with Gasteiger partial charge in [-0.15, -0.1) is 11.3 Å². The molecule has 1 atom stereocenters. The molecule has 2 N–H and O–H groups in total. The molecule has 1 rings (SSSR count). The minimum atomic E-state index is -3.71. The lowest BCUT2D eigenvalue weighted by Gasteiger charge is -2.15. The number of nitrogens with one attached hydrogen (secondary N) is 1. The van der Waals surface area contributed by atoms with Crippen LogP contribution in [0.15, 0.2) is 10.3 Å². The number of carboxylic acids is 1. The van der Waals surface area contributed by atoms with Crippen LogP contribution in [-0.2, 0) is 14.8 Å². The fourth-order valence-electron chi connectivity index (χ4n) is 1.69. The molecule has 0 radical (unpaired) electrons. The topological polar surface area (TPSA) is 83.5 Å². The average Bonchev–Trinajstić information content (AvgIpc) is 2.65. The van der Waals surface area contributed by atoms with Gasteiger partial charge in [-0.2, -0.15) is 0 Å². The number of sulfonamides is 1. The van der Waals surface area contributed by atoms with Crippen molar-refractivity contribution >= 4 is 38.9 Å². The van der Waals surface area contributed by atoms with Gasteiger partial charge in [-0.1, -0.05) is 25.4 Å². The van der Waals surface area contributed by atoms with E-state index in [4.69, 9.17) is 16.7 Å². The van der Waals surface area contributed by atoms with Crippen LogP contribution in [0.1, 0.15) is 25.8 Å². The van der Waals surface area contributed by atoms with Gasteiger partial charge in [0.25, 0.3) is 0 Å². The third-order valence-corrected chi connectivity index (χ3v) is 6.18. The number of hydrogen-bond donors (Lipinski definition) is 2. The number of carboxylic acid groups (broad SMARTS) is 1. The van der Waals surface area contributed by atoms with Gasteiger partial charge >= 0.3 is 5.97 Å². The monoisotopic (exact) mass is 339 g/mol. The quantitative estimate of drug-likeness (QED) is 0.800. The predicted molar refractivity (Wildman–Crippen MR) is 79.8 cm³/mol. The zero-order chi connectivity index (χ0) is 15.5. The van der Waals surface area contributed by atoms with Crippen LogP contribution in [0, 0.1) is 18.8 Å². The largest absolute Gasteiger partial charge is 0.481 e. The molecule has 0 fully saturated rings. The van der Waals surface area contributed by atoms with Crippen molar-refractivity contribution in [3.8, 4) is 0 Å². The van der Waals surface area contributed by atoms with Gasteiger partial charge in [-0.25, -0.2) is 13.1 Å². The molecule has 0 aliphatic heterocycles. The molecule has 1 aromatic rings. The lowest BCUT2D eigenvalue weighted by molar-refractivity contribution is -0.142. The van der Waals surface area contributed by atoms with Gasteiger partial charge in [-0.05, 0) is 30.9 Å². The van der Waals surface area contributed by atoms with Crippen molar-refractivity contribution in [2.24, 2.45) is 11.8 Å². The molecule has 0 bridgehead atoms. The molecule has 0 aliphatic carbocycles. The maximum Gasteiger partial charge on any atom is 0.307 e. The Morgan fingerprint density at radius 2 is 2.10 bits per heavy atom. The molecule has 0 spiro atoms. The van der Waals surface area contributed by atoms with E-state index in [-0.39, 0.29) is 16.7 Å². The van der Waals surface area contributed by atoms with Gasteiger partial charge in [0.05, 0.1) is 10.3 Å². The van der Waals surface area contributed by atoms with Crippen molar-refractivity contribution in [3.05, 3.63) is 16.0 Å². The number of rotatable bonds is 7. The summed E-state index contributed by atoms with van der Waals surface area (Å²) >= 11 is 6.81. The molecule has 0 saturated carbocycles. The van der Waals surface area contributed by atoms with Crippen LogP contribution in [0.4, 0.5) is 0 Å². The van der Waals surface area contributed by atoms with Crippen LogP contribution in [0.3, 0.4) is 0 Å². The first-order chi connectivity index (χ1) is 9.13. The summed E-state index contributed by atoms with van der Waals surface area (Å²) in [5.41, 5.74) is 0.689. The van der Waals surface area contributed by atoms with Crippen molar-refractivity contribution in [1.29, 1.82) is 0 Å². The van der Waals surface area contributed by atoms with Gasteiger partial charge < -0.3 is 5.11 Å². The van der Waals surface area contributed by atoms with Crippen LogP contribution in [0.2, 0.25) is 4.34 Å². The van der Waals surface area contributed by atoms with E-state index in [0.717, 1.165) is 11.3 Å². The van der Waals surface area contributed by atoms with E-state index in [1.165, 1.54) is 6.07 Å². The Morgan fingerprint density at radius 3 is 2.50 bits per heavy atom. The molecule has 0 aromatic carbocycles. The SMILES string of the molecule is Cc1cc(S(=O)(=O)NCC(CC(C)C)C(=O)O)sc1Cl. The van der Waals surface area contributed by atoms with Gasteiger partial charge in [0.2, 0.25) is 10.0 Å². The maximum absolute atomic E-state index is 12.1. The molecular formula is C12H18ClNO4S2. The third kappa shape index (κ3) is 4.73. The van der Waals surface area contributed by atoms with Gasteiger partial charge in [0.1, 0.15) is 4.21 Å². The first-order valence-electron chi connectivity index (χ1n) is 6.12. The highest BCUT2D eigenvalue weighted by Gasteiger charge is 2.24. The van der Waals surface area contributed by atoms with Crippen molar-refractivity contribution in [3.63, 3.8) is 0 Å². The summed E-state index contributed by atoms with van der Waals surface area (Å²) in [4.78, 5) is 11.1. The highest BCUT2D eigenvalue weighted by Crippen LogP contribution is 2.30. The van der Waals surface area contributed by atoms with E-state index < -0.39 is 21.9 Å². The number of carbonyl (C=O) groups is 1. The lowest BCUT2D eigenvalue weighted by Crippen LogP contribution is -2.33. The van der Waals surface area contributed by atoms with Crippen molar-refractivity contribution in [2.45, 2.75) is 31.4 Å². The van der Waals surface area contributed by atoms with Crippen molar-refractivity contribution < 1.29 is 18.3 Å². The summed E-state index contributed by atoms with van der Waals surface area (Å²) in [7, 11) is -3.71. The molecule has 114 valence electrons. The van der Waals surface area contributed by atoms with Gasteiger partial charge in [-0.3, -0.25) is 4.79 Å². The van der Waals surface area contributed by atoms with Gasteiger partial charge in [0.15, 0.2) is 0 Å². The van der Waals surface area contributed by atoms with E-state index in [9.17, 15) is 13.2 Å². The molecule has 20 heavy (non-hydrogen) atoms. The first kappa shape index (κ1) is 17.4. The smallest absolute Gasteiger partial charge is 0.307 e. The Labute approximate surface area is 128 Å². The number of hydrogen-bond acceptors (Lipinski definition) is 4. The van der Waals surface area contributed by atoms with E-state index in [2.05, 4.69) is 4.72 Å². The van der Waals surface area contributed by atoms with Crippen LogP contribution >= 0.6 is 22.9 Å². The molecule has 0 aliphatic rings. The average molecular weight is 340 g/mol. The summed E-state index contributed by atoms with van der Waals surface area (Å²) < 4.78 is 27.0. The zero-order valence-corrected chi connectivity index (χ0v) is 13.9. The Bertz CT molecular complexity index is 561. The normalized spacial score (nSPS) is 13.7. The third-order valence-electron chi connectivity index (χ3n) is 2.72. The van der Waals surface area contributed by atoms with Crippen molar-refractivity contribution in [2.75, 3.05) is 6.54 Å². The second-order valence-corrected chi connectivity index (χ2v) is 8.69. The number of thiophene rings is 1. The van der Waals surface area contributed by atoms with Crippen LogP contribution in [0.5, 0.6) is 0 Å². The molecule has 1 unspecified atom stereocenters. The second kappa shape index (κ2) is 6.89. The predicted octanol–water partition coefficient (Wildman–Crippen LogP) is 2.74. The fraction of sp³-hybridized carbons (Fsp3) is 0.583. The lowest BCUT2D eigenvalue weighted by atomic mass is 9.98. The maximum atomic E-state index is 12.1. The van der Waals surface area contributed by atoms with E-state index in [0.29, 0.717) is 16.3 Å². The Hall–Kier alpha value is -0.630. The zero-order valence-electron chi connectivity index (χ0n) is 11.5. The summed E-state index contributed by atoms with van der Waals surface area (Å²) in [6.07, 6.45) is 0.419. The Kier molecular flexibility index (Phi) is 6.00. The second-order valence-electron chi connectivity index (χ2n) is 5.04. The number of aryl methyl sites for hydroxylation is 1. The van der Waals surface area contributed by atoms with Crippen LogP contribution in [0.25, 0.3) is 0 Å². The molecule has 5 nitrogen and oxygen atoms in total. The number of aliphatic carboxylic acids is 1. The molecule has 0 saturated heterocycles. The van der Waals surface area contributed by atoms with E-state index >= 15 is 0 Å². The Morgan fingerprint density at radius 1 is 1.50 bits per heavy atom. The summed E-state index contributed by atoms with van der Waals surface area (Å²) in [6.45, 7) is 5.39. The highest BCUT2D eigenvalue weighted by molar-refractivity contribution is 7.91. The molecule has 1 aromatic heterocycles. The van der Waals surface area contributed by atoms with Gasteiger partial charge in [0, 0.05) is 6.54 Å². The summed E-state index contributed by atoms with van der Waals surface area (Å²) in [6, 6.07) is 1.48. The van der Waals surface area contributed by atoms with E-state index in [1.807, 2.05) is 13.8 Å². The Balaban J connectivity index is 2.78. The minimum Gasteiger partial charge on any atom is -0.481 e. The van der Waals surface area contributed by atoms with E-state index in [1.54, 1.807) is 6.92 Å². The standard InChI is InChI=1S/C12H18ClNO4S2/c1-7(2)4-9(12(15)16)6-14-20(17,18)10-5-8(3)11(13)19-10/h5,7,9,14H,4,6H2,1-3H3,(H,15,16). The van der Waals surface area contributed by atoms with Crippen LogP contribution in [-0.4, -0.2) is 26.0 Å². The van der Waals surface area contributed by atoms with Crippen molar-refractivity contribution in [1.82, 2.24) is 4.72 Å². The first-order valence-corrected chi connectivity index (χ1v) is 8.79. The van der Waals surface area contributed by atoms with Crippen LogP contribution < -0.4 is 4.72 Å². The number of halogens is 1. The summed E-state index contributed by atoms with van der Waals surface area (Å²) in [5.74, 6) is -1.55. The molecular weight excluding hydrogens is 322 g/mol. The fourth-order valence-corrected chi connectivity index (χ4v) is 4.52. The molecule has 1 heterocycles. The molecule has 8 heteroatoms. The highest BCUT2D eigenvalue weighted by atomic mass is 35.5. The summed E-state index contributed by atoms with van der Waals surface area (Å²) in [5, 5.41) is 9.08. The molecule has 0 amide bonds.